The van der Waals surface area contributed by atoms with Crippen molar-refractivity contribution in [2.45, 2.75) is 62.8 Å². The lowest BCUT2D eigenvalue weighted by Gasteiger charge is -2.39. The second kappa shape index (κ2) is 10.2. The third kappa shape index (κ3) is 5.72. The number of hydrogen-bond acceptors (Lipinski definition) is 7. The maximum absolute atomic E-state index is 11.2. The molecule has 178 valence electrons. The normalized spacial score (nSPS) is 27.3. The molecule has 2 fully saturated rings. The minimum atomic E-state index is -1.54. The Morgan fingerprint density at radius 1 is 1.00 bits per heavy atom. The van der Waals surface area contributed by atoms with Crippen LogP contribution in [-0.2, 0) is 22.4 Å². The van der Waals surface area contributed by atoms with Gasteiger partial charge in [-0.15, -0.1) is 0 Å². The van der Waals surface area contributed by atoms with Gasteiger partial charge in [0.1, 0.15) is 30.2 Å². The van der Waals surface area contributed by atoms with Crippen molar-refractivity contribution in [2.24, 2.45) is 5.92 Å². The Labute approximate surface area is 192 Å². The maximum Gasteiger partial charge on any atom is 0.307 e. The first kappa shape index (κ1) is 23.7. The van der Waals surface area contributed by atoms with Crippen molar-refractivity contribution in [2.75, 3.05) is 6.61 Å². The zero-order valence-corrected chi connectivity index (χ0v) is 18.2. The number of rotatable bonds is 9. The molecule has 0 unspecified atom stereocenters. The molecular formula is C25H30O8. The lowest BCUT2D eigenvalue weighted by Crippen LogP contribution is -2.60. The molecule has 2 aromatic carbocycles. The number of aliphatic hydroxyl groups is 4. The summed E-state index contributed by atoms with van der Waals surface area (Å²) in [5.74, 6) is 0.225. The molecule has 33 heavy (non-hydrogen) atoms. The van der Waals surface area contributed by atoms with Gasteiger partial charge in [-0.1, -0.05) is 43.2 Å². The van der Waals surface area contributed by atoms with E-state index in [-0.39, 0.29) is 6.42 Å². The highest BCUT2D eigenvalue weighted by atomic mass is 16.7. The Kier molecular flexibility index (Phi) is 7.31. The molecule has 0 amide bonds. The van der Waals surface area contributed by atoms with Crippen LogP contribution in [0.15, 0.2) is 42.5 Å². The predicted molar refractivity (Wildman–Crippen MR) is 119 cm³/mol. The van der Waals surface area contributed by atoms with Crippen LogP contribution in [0, 0.1) is 5.92 Å². The Bertz CT molecular complexity index is 971. The summed E-state index contributed by atoms with van der Waals surface area (Å²) < 4.78 is 11.5. The molecule has 0 aromatic heterocycles. The number of carboxylic acids is 1. The number of carbonyl (C=O) groups is 1. The van der Waals surface area contributed by atoms with Crippen LogP contribution in [0.3, 0.4) is 0 Å². The Morgan fingerprint density at radius 3 is 2.48 bits per heavy atom. The maximum atomic E-state index is 11.2. The number of benzene rings is 2. The van der Waals surface area contributed by atoms with Gasteiger partial charge < -0.3 is 35.0 Å². The monoisotopic (exact) mass is 458 g/mol. The van der Waals surface area contributed by atoms with Crippen molar-refractivity contribution in [1.29, 1.82) is 0 Å². The lowest BCUT2D eigenvalue weighted by molar-refractivity contribution is -0.277. The highest BCUT2D eigenvalue weighted by Gasteiger charge is 2.44. The zero-order valence-electron chi connectivity index (χ0n) is 18.2. The largest absolute Gasteiger partial charge is 0.481 e. The molecule has 4 rings (SSSR count). The smallest absolute Gasteiger partial charge is 0.307 e. The Morgan fingerprint density at radius 2 is 1.79 bits per heavy atom. The summed E-state index contributed by atoms with van der Waals surface area (Å²) >= 11 is 0. The zero-order chi connectivity index (χ0) is 23.5. The first-order valence-corrected chi connectivity index (χ1v) is 11.3. The fourth-order valence-corrected chi connectivity index (χ4v) is 4.15. The molecule has 2 aromatic rings. The fourth-order valence-electron chi connectivity index (χ4n) is 4.15. The first-order chi connectivity index (χ1) is 15.9. The SMILES string of the molecule is O=C(O)Cc1cccc(-c2cc(CCC3CC3)ccc2O[C@H]2O[C@H](CO)[C@@H](O)[C@H](O)[C@@H]2O)c1. The third-order valence-electron chi connectivity index (χ3n) is 6.27. The molecule has 5 atom stereocenters. The Balaban J connectivity index is 1.64. The van der Waals surface area contributed by atoms with Crippen LogP contribution >= 0.6 is 0 Å². The van der Waals surface area contributed by atoms with E-state index in [9.17, 15) is 25.2 Å². The highest BCUT2D eigenvalue weighted by Crippen LogP contribution is 2.37. The highest BCUT2D eigenvalue weighted by molar-refractivity contribution is 5.74. The van der Waals surface area contributed by atoms with Gasteiger partial charge >= 0.3 is 5.97 Å². The fraction of sp³-hybridized carbons (Fsp3) is 0.480. The lowest BCUT2D eigenvalue weighted by atomic mass is 9.96. The summed E-state index contributed by atoms with van der Waals surface area (Å²) in [4.78, 5) is 11.2. The van der Waals surface area contributed by atoms with Gasteiger partial charge in [0.2, 0.25) is 6.29 Å². The molecule has 5 N–H and O–H groups in total. The first-order valence-electron chi connectivity index (χ1n) is 11.3. The number of carboxylic acid groups (broad SMARTS) is 1. The van der Waals surface area contributed by atoms with Crippen molar-refractivity contribution in [3.05, 3.63) is 53.6 Å². The van der Waals surface area contributed by atoms with E-state index in [4.69, 9.17) is 14.6 Å². The van der Waals surface area contributed by atoms with Crippen molar-refractivity contribution >= 4 is 5.97 Å². The summed E-state index contributed by atoms with van der Waals surface area (Å²) in [5, 5.41) is 49.1. The summed E-state index contributed by atoms with van der Waals surface area (Å²) in [6.07, 6.45) is -2.49. The third-order valence-corrected chi connectivity index (χ3v) is 6.27. The van der Waals surface area contributed by atoms with Gasteiger partial charge in [-0.2, -0.15) is 0 Å². The van der Waals surface area contributed by atoms with E-state index in [1.165, 1.54) is 12.8 Å². The summed E-state index contributed by atoms with van der Waals surface area (Å²) in [6, 6.07) is 12.9. The van der Waals surface area contributed by atoms with Crippen LogP contribution < -0.4 is 4.74 Å². The second-order valence-electron chi connectivity index (χ2n) is 8.90. The van der Waals surface area contributed by atoms with Gasteiger partial charge in [-0.3, -0.25) is 4.79 Å². The molecule has 8 nitrogen and oxygen atoms in total. The van der Waals surface area contributed by atoms with Crippen LogP contribution in [0.4, 0.5) is 0 Å². The van der Waals surface area contributed by atoms with Gasteiger partial charge in [0, 0.05) is 5.56 Å². The minimum absolute atomic E-state index is 0.113. The molecule has 0 bridgehead atoms. The molecule has 0 radical (unpaired) electrons. The van der Waals surface area contributed by atoms with E-state index < -0.39 is 43.3 Å². The number of ether oxygens (including phenoxy) is 2. The molecule has 1 saturated heterocycles. The van der Waals surface area contributed by atoms with Crippen molar-refractivity contribution < 1.29 is 39.8 Å². The second-order valence-corrected chi connectivity index (χ2v) is 8.90. The van der Waals surface area contributed by atoms with E-state index in [2.05, 4.69) is 0 Å². The van der Waals surface area contributed by atoms with E-state index >= 15 is 0 Å². The Hall–Kier alpha value is -2.49. The molecule has 1 aliphatic carbocycles. The molecule has 0 spiro atoms. The van der Waals surface area contributed by atoms with Crippen LogP contribution in [0.1, 0.15) is 30.4 Å². The van der Waals surface area contributed by atoms with E-state index in [1.54, 1.807) is 24.3 Å². The molecular weight excluding hydrogens is 428 g/mol. The van der Waals surface area contributed by atoms with Crippen molar-refractivity contribution in [3.8, 4) is 16.9 Å². The molecule has 1 aliphatic heterocycles. The number of aryl methyl sites for hydroxylation is 1. The standard InChI is InChI=1S/C25H30O8/c26-13-20-22(29)23(30)24(31)25(33-20)32-19-9-8-15(7-6-14-4-5-14)11-18(19)17-3-1-2-16(10-17)12-21(27)28/h1-3,8-11,14,20,22-26,29-31H,4-7,12-13H2,(H,27,28)/t20-,22-,23+,24+,25+/m1/s1. The summed E-state index contributed by atoms with van der Waals surface area (Å²) in [5.41, 5.74) is 3.21. The molecule has 8 heteroatoms. The van der Waals surface area contributed by atoms with E-state index in [0.29, 0.717) is 16.9 Å². The van der Waals surface area contributed by atoms with E-state index in [1.807, 2.05) is 18.2 Å². The quantitative estimate of drug-likeness (QED) is 0.381. The minimum Gasteiger partial charge on any atom is -0.481 e. The van der Waals surface area contributed by atoms with Crippen LogP contribution in [0.5, 0.6) is 5.75 Å². The van der Waals surface area contributed by atoms with Crippen LogP contribution in [-0.4, -0.2) is 68.8 Å². The average Bonchev–Trinajstić information content (AvgIpc) is 3.63. The predicted octanol–water partition coefficient (Wildman–Crippen LogP) is 1.50. The van der Waals surface area contributed by atoms with Crippen LogP contribution in [0.2, 0.25) is 0 Å². The van der Waals surface area contributed by atoms with Crippen molar-refractivity contribution in [3.63, 3.8) is 0 Å². The number of aliphatic carboxylic acids is 1. The van der Waals surface area contributed by atoms with Crippen molar-refractivity contribution in [1.82, 2.24) is 0 Å². The van der Waals surface area contributed by atoms with Crippen LogP contribution in [0.25, 0.3) is 11.1 Å². The van der Waals surface area contributed by atoms with Gasteiger partial charge in [-0.05, 0) is 47.6 Å². The average molecular weight is 459 g/mol. The number of hydrogen-bond donors (Lipinski definition) is 5. The molecule has 2 aliphatic rings. The topological polar surface area (TPSA) is 137 Å². The van der Waals surface area contributed by atoms with Gasteiger partial charge in [0.25, 0.3) is 0 Å². The summed E-state index contributed by atoms with van der Waals surface area (Å²) in [7, 11) is 0. The van der Waals surface area contributed by atoms with Gasteiger partial charge in [0.15, 0.2) is 0 Å². The summed E-state index contributed by atoms with van der Waals surface area (Å²) in [6.45, 7) is -0.547. The van der Waals surface area contributed by atoms with Gasteiger partial charge in [-0.25, -0.2) is 0 Å². The van der Waals surface area contributed by atoms with Gasteiger partial charge in [0.05, 0.1) is 13.0 Å². The van der Waals surface area contributed by atoms with E-state index in [0.717, 1.165) is 29.9 Å². The molecule has 1 saturated carbocycles. The molecule has 1 heterocycles. The number of aliphatic hydroxyl groups excluding tert-OH is 4.